The Morgan fingerprint density at radius 3 is 2.59 bits per heavy atom. The number of aryl methyl sites for hydroxylation is 1. The van der Waals surface area contributed by atoms with Gasteiger partial charge in [-0.2, -0.15) is 10.2 Å². The van der Waals surface area contributed by atoms with Crippen LogP contribution in [0.4, 0.5) is 5.69 Å². The van der Waals surface area contributed by atoms with Gasteiger partial charge in [0.15, 0.2) is 11.5 Å². The summed E-state index contributed by atoms with van der Waals surface area (Å²) in [6, 6.07) is 13.2. The zero-order chi connectivity index (χ0) is 27.4. The van der Waals surface area contributed by atoms with Crippen molar-refractivity contribution in [3.63, 3.8) is 0 Å². The van der Waals surface area contributed by atoms with Crippen LogP contribution in [0.15, 0.2) is 48.7 Å². The third-order valence-electron chi connectivity index (χ3n) is 7.17. The standard InChI is InChI=1S/C29H30N6O4/c1-19-17-31-27(33-28(19)39-18-20-3-7-23(38-2)8-4-20)21-5-6-22(15-21)34-11-13-35(14-12-34)26-10-9-24(29(36)37)32-25(26)16-30/h3-4,7-10,15,17,22H,5-6,11-14,18H2,1-2H3,(H,36,37). The van der Waals surface area contributed by atoms with Crippen molar-refractivity contribution in [3.05, 3.63) is 77.0 Å². The Bertz CT molecular complexity index is 1420. The number of pyridine rings is 1. The summed E-state index contributed by atoms with van der Waals surface area (Å²) in [4.78, 5) is 29.1. The SMILES string of the molecule is COc1ccc(COc2nc(C3=CC(N4CCN(c5ccc(C(=O)O)nc5C#N)CC4)CC3)ncc2C)cc1. The molecule has 1 fully saturated rings. The number of benzene rings is 1. The van der Waals surface area contributed by atoms with Gasteiger partial charge in [-0.1, -0.05) is 18.2 Å². The highest BCUT2D eigenvalue weighted by atomic mass is 16.5. The molecule has 1 aliphatic carbocycles. The molecule has 1 aromatic carbocycles. The number of nitrogens with zero attached hydrogens (tertiary/aromatic N) is 6. The Labute approximate surface area is 227 Å². The van der Waals surface area contributed by atoms with Crippen LogP contribution in [0.3, 0.4) is 0 Å². The number of nitriles is 1. The highest BCUT2D eigenvalue weighted by Gasteiger charge is 2.28. The first-order valence-electron chi connectivity index (χ1n) is 12.9. The number of ether oxygens (including phenoxy) is 2. The topological polar surface area (TPSA) is 125 Å². The van der Waals surface area contributed by atoms with Crippen LogP contribution in [0.25, 0.3) is 5.57 Å². The van der Waals surface area contributed by atoms with E-state index in [0.717, 1.165) is 61.5 Å². The maximum Gasteiger partial charge on any atom is 0.354 e. The van der Waals surface area contributed by atoms with E-state index in [-0.39, 0.29) is 11.4 Å². The number of hydrogen-bond donors (Lipinski definition) is 1. The van der Waals surface area contributed by atoms with Gasteiger partial charge in [-0.25, -0.2) is 14.8 Å². The fourth-order valence-electron chi connectivity index (χ4n) is 4.98. The molecule has 2 aliphatic rings. The van der Waals surface area contributed by atoms with Gasteiger partial charge in [0.25, 0.3) is 0 Å². The van der Waals surface area contributed by atoms with E-state index in [9.17, 15) is 10.1 Å². The second-order valence-corrected chi connectivity index (χ2v) is 9.62. The number of aromatic carboxylic acids is 1. The first-order valence-corrected chi connectivity index (χ1v) is 12.9. The number of aromatic nitrogens is 3. The number of piperazine rings is 1. The molecule has 2 aromatic heterocycles. The fourth-order valence-corrected chi connectivity index (χ4v) is 4.98. The molecule has 3 heterocycles. The summed E-state index contributed by atoms with van der Waals surface area (Å²) in [5, 5.41) is 18.7. The Kier molecular flexibility index (Phi) is 7.70. The van der Waals surface area contributed by atoms with E-state index in [0.29, 0.717) is 30.0 Å². The number of rotatable bonds is 8. The summed E-state index contributed by atoms with van der Waals surface area (Å²) < 4.78 is 11.3. The molecule has 39 heavy (non-hydrogen) atoms. The van der Waals surface area contributed by atoms with Crippen molar-refractivity contribution in [2.45, 2.75) is 32.4 Å². The van der Waals surface area contributed by atoms with Crippen molar-refractivity contribution >= 4 is 17.2 Å². The lowest BCUT2D eigenvalue weighted by molar-refractivity contribution is 0.0690. The summed E-state index contributed by atoms with van der Waals surface area (Å²) >= 11 is 0. The average molecular weight is 527 g/mol. The third-order valence-corrected chi connectivity index (χ3v) is 7.17. The molecule has 1 saturated heterocycles. The lowest BCUT2D eigenvalue weighted by Gasteiger charge is -2.38. The minimum atomic E-state index is -1.14. The van der Waals surface area contributed by atoms with Crippen molar-refractivity contribution in [1.82, 2.24) is 19.9 Å². The minimum absolute atomic E-state index is 0.120. The Balaban J connectivity index is 1.21. The molecular formula is C29H30N6O4. The zero-order valence-corrected chi connectivity index (χ0v) is 22.0. The van der Waals surface area contributed by atoms with Gasteiger partial charge in [-0.3, -0.25) is 4.90 Å². The molecule has 0 spiro atoms. The maximum atomic E-state index is 11.2. The lowest BCUT2D eigenvalue weighted by Crippen LogP contribution is -2.49. The molecule has 1 N–H and O–H groups in total. The van der Waals surface area contributed by atoms with Crippen LogP contribution in [-0.2, 0) is 6.61 Å². The fraction of sp³-hybridized carbons (Fsp3) is 0.345. The predicted molar refractivity (Wildman–Crippen MR) is 145 cm³/mol. The molecule has 0 amide bonds. The molecule has 1 unspecified atom stereocenters. The molecule has 10 heteroatoms. The number of carbonyl (C=O) groups is 1. The highest BCUT2D eigenvalue weighted by molar-refractivity contribution is 5.86. The normalized spacial score (nSPS) is 17.4. The summed E-state index contributed by atoms with van der Waals surface area (Å²) in [5.41, 5.74) is 3.75. The molecule has 5 rings (SSSR count). The van der Waals surface area contributed by atoms with Gasteiger partial charge in [0.05, 0.1) is 12.8 Å². The van der Waals surface area contributed by atoms with Crippen LogP contribution in [0, 0.1) is 18.3 Å². The molecule has 3 aromatic rings. The second-order valence-electron chi connectivity index (χ2n) is 9.62. The smallest absolute Gasteiger partial charge is 0.354 e. The van der Waals surface area contributed by atoms with Gasteiger partial charge in [0, 0.05) is 44.0 Å². The summed E-state index contributed by atoms with van der Waals surface area (Å²) in [7, 11) is 1.65. The molecule has 1 atom stereocenters. The van der Waals surface area contributed by atoms with E-state index in [1.165, 1.54) is 6.07 Å². The van der Waals surface area contributed by atoms with Crippen LogP contribution in [-0.4, -0.2) is 70.3 Å². The van der Waals surface area contributed by atoms with E-state index in [1.54, 1.807) is 13.2 Å². The van der Waals surface area contributed by atoms with Gasteiger partial charge in [0.2, 0.25) is 5.88 Å². The molecular weight excluding hydrogens is 496 g/mol. The Morgan fingerprint density at radius 1 is 1.13 bits per heavy atom. The summed E-state index contributed by atoms with van der Waals surface area (Å²) in [6.07, 6.45) is 5.96. The van der Waals surface area contributed by atoms with Gasteiger partial charge < -0.3 is 19.5 Å². The van der Waals surface area contributed by atoms with Crippen molar-refractivity contribution < 1.29 is 19.4 Å². The third kappa shape index (κ3) is 5.84. The largest absolute Gasteiger partial charge is 0.497 e. The Hall–Kier alpha value is -4.49. The molecule has 10 nitrogen and oxygen atoms in total. The van der Waals surface area contributed by atoms with E-state index in [2.05, 4.69) is 25.8 Å². The van der Waals surface area contributed by atoms with Crippen LogP contribution in [0.2, 0.25) is 0 Å². The van der Waals surface area contributed by atoms with Gasteiger partial charge in [-0.15, -0.1) is 0 Å². The lowest BCUT2D eigenvalue weighted by atomic mass is 10.1. The highest BCUT2D eigenvalue weighted by Crippen LogP contribution is 2.31. The Morgan fingerprint density at radius 2 is 1.90 bits per heavy atom. The van der Waals surface area contributed by atoms with Gasteiger partial charge in [0.1, 0.15) is 24.1 Å². The second kappa shape index (κ2) is 11.5. The average Bonchev–Trinajstić information content (AvgIpc) is 3.47. The van der Waals surface area contributed by atoms with E-state index >= 15 is 0 Å². The van der Waals surface area contributed by atoms with Crippen molar-refractivity contribution in [1.29, 1.82) is 5.26 Å². The van der Waals surface area contributed by atoms with Crippen molar-refractivity contribution in [2.24, 2.45) is 0 Å². The molecule has 1 aliphatic heterocycles. The van der Waals surface area contributed by atoms with E-state index in [4.69, 9.17) is 19.6 Å². The monoisotopic (exact) mass is 526 g/mol. The minimum Gasteiger partial charge on any atom is -0.497 e. The maximum absolute atomic E-state index is 11.2. The van der Waals surface area contributed by atoms with E-state index < -0.39 is 5.97 Å². The van der Waals surface area contributed by atoms with Crippen molar-refractivity contribution in [2.75, 3.05) is 38.2 Å². The van der Waals surface area contributed by atoms with E-state index in [1.807, 2.05) is 43.5 Å². The quantitative estimate of drug-likeness (QED) is 0.464. The summed E-state index contributed by atoms with van der Waals surface area (Å²) in [6.45, 7) is 5.46. The predicted octanol–water partition coefficient (Wildman–Crippen LogP) is 3.71. The van der Waals surface area contributed by atoms with Gasteiger partial charge >= 0.3 is 5.97 Å². The first kappa shape index (κ1) is 26.1. The molecule has 0 saturated carbocycles. The number of methoxy groups -OCH3 is 1. The molecule has 0 radical (unpaired) electrons. The number of carboxylic acids is 1. The number of anilines is 1. The van der Waals surface area contributed by atoms with Crippen LogP contribution < -0.4 is 14.4 Å². The van der Waals surface area contributed by atoms with Gasteiger partial charge in [-0.05, 0) is 55.2 Å². The number of allylic oxidation sites excluding steroid dienone is 1. The van der Waals surface area contributed by atoms with Crippen LogP contribution >= 0.6 is 0 Å². The number of carboxylic acid groups (broad SMARTS) is 1. The van der Waals surface area contributed by atoms with Crippen molar-refractivity contribution in [3.8, 4) is 17.7 Å². The molecule has 0 bridgehead atoms. The summed E-state index contributed by atoms with van der Waals surface area (Å²) in [5.74, 6) is 0.959. The van der Waals surface area contributed by atoms with Crippen LogP contribution in [0.5, 0.6) is 11.6 Å². The molecule has 200 valence electrons. The zero-order valence-electron chi connectivity index (χ0n) is 22.0. The van der Waals surface area contributed by atoms with Crippen LogP contribution in [0.1, 0.15) is 46.0 Å². The number of hydrogen-bond acceptors (Lipinski definition) is 9. The first-order chi connectivity index (χ1) is 18.9.